The first-order valence-corrected chi connectivity index (χ1v) is 8.71. The number of piperazine rings is 1. The molecular weight excluding hydrogens is 338 g/mol. The highest BCUT2D eigenvalue weighted by Crippen LogP contribution is 2.22. The SMILES string of the molecule is COC(=O)N1CCN(S(=O)(=O)c2ccc3c(c2)oc(=O)n3C)CC1. The first kappa shape index (κ1) is 16.5. The fraction of sp³-hybridized carbons (Fsp3) is 0.429. The summed E-state index contributed by atoms with van der Waals surface area (Å²) in [6.45, 7) is 0.867. The van der Waals surface area contributed by atoms with Crippen LogP contribution in [0.4, 0.5) is 4.79 Å². The van der Waals surface area contributed by atoms with Crippen molar-refractivity contribution in [1.29, 1.82) is 0 Å². The molecule has 1 aromatic carbocycles. The number of fused-ring (bicyclic) bond motifs is 1. The highest BCUT2D eigenvalue weighted by molar-refractivity contribution is 7.89. The molecule has 0 aliphatic carbocycles. The molecule has 10 heteroatoms. The number of methoxy groups -OCH3 is 1. The van der Waals surface area contributed by atoms with E-state index in [1.54, 1.807) is 7.05 Å². The summed E-state index contributed by atoms with van der Waals surface area (Å²) in [5.74, 6) is -0.550. The van der Waals surface area contributed by atoms with Crippen LogP contribution < -0.4 is 5.76 Å². The number of hydrogen-bond acceptors (Lipinski definition) is 6. The Labute approximate surface area is 138 Å². The van der Waals surface area contributed by atoms with E-state index >= 15 is 0 Å². The molecule has 24 heavy (non-hydrogen) atoms. The van der Waals surface area contributed by atoms with Gasteiger partial charge in [0.15, 0.2) is 5.58 Å². The molecule has 9 nitrogen and oxygen atoms in total. The van der Waals surface area contributed by atoms with E-state index in [4.69, 9.17) is 4.42 Å². The van der Waals surface area contributed by atoms with Crippen molar-refractivity contribution in [3.8, 4) is 0 Å². The van der Waals surface area contributed by atoms with Gasteiger partial charge in [-0.2, -0.15) is 4.31 Å². The predicted octanol–water partition coefficient (Wildman–Crippen LogP) is 0.204. The fourth-order valence-corrected chi connectivity index (χ4v) is 4.10. The van der Waals surface area contributed by atoms with Gasteiger partial charge in [-0.25, -0.2) is 18.0 Å². The Morgan fingerprint density at radius 1 is 1.21 bits per heavy atom. The molecule has 1 fully saturated rings. The molecule has 2 aromatic rings. The van der Waals surface area contributed by atoms with Gasteiger partial charge in [0.1, 0.15) is 0 Å². The van der Waals surface area contributed by atoms with Crippen LogP contribution in [0.3, 0.4) is 0 Å². The maximum absolute atomic E-state index is 12.7. The number of aromatic nitrogens is 1. The van der Waals surface area contributed by atoms with Crippen molar-refractivity contribution in [2.45, 2.75) is 4.90 Å². The molecule has 0 atom stereocenters. The molecule has 1 saturated heterocycles. The minimum atomic E-state index is -3.73. The van der Waals surface area contributed by atoms with Crippen LogP contribution in [0.2, 0.25) is 0 Å². The van der Waals surface area contributed by atoms with Gasteiger partial charge in [-0.1, -0.05) is 0 Å². The molecule has 0 bridgehead atoms. The average molecular weight is 355 g/mol. The lowest BCUT2D eigenvalue weighted by molar-refractivity contribution is 0.108. The lowest BCUT2D eigenvalue weighted by atomic mass is 10.3. The third-order valence-corrected chi connectivity index (χ3v) is 5.97. The zero-order valence-corrected chi connectivity index (χ0v) is 14.1. The van der Waals surface area contributed by atoms with Gasteiger partial charge in [-0.3, -0.25) is 4.57 Å². The fourth-order valence-electron chi connectivity index (χ4n) is 2.66. The van der Waals surface area contributed by atoms with Gasteiger partial charge in [-0.15, -0.1) is 0 Å². The molecule has 0 unspecified atom stereocenters. The van der Waals surface area contributed by atoms with E-state index in [0.29, 0.717) is 5.52 Å². The minimum Gasteiger partial charge on any atom is -0.453 e. The van der Waals surface area contributed by atoms with Crippen LogP contribution in [0.15, 0.2) is 32.3 Å². The predicted molar refractivity (Wildman–Crippen MR) is 84.2 cm³/mol. The Bertz CT molecular complexity index is 937. The first-order valence-electron chi connectivity index (χ1n) is 7.27. The number of aryl methyl sites for hydroxylation is 1. The number of benzene rings is 1. The summed E-state index contributed by atoms with van der Waals surface area (Å²) < 4.78 is 37.7. The van der Waals surface area contributed by atoms with E-state index in [0.717, 1.165) is 0 Å². The molecule has 1 aromatic heterocycles. The van der Waals surface area contributed by atoms with Crippen LogP contribution >= 0.6 is 0 Å². The summed E-state index contributed by atoms with van der Waals surface area (Å²) >= 11 is 0. The van der Waals surface area contributed by atoms with E-state index in [9.17, 15) is 18.0 Å². The van der Waals surface area contributed by atoms with Crippen LogP contribution in [0.25, 0.3) is 11.1 Å². The molecule has 0 N–H and O–H groups in total. The van der Waals surface area contributed by atoms with Gasteiger partial charge in [0.2, 0.25) is 10.0 Å². The van der Waals surface area contributed by atoms with Crippen LogP contribution in [0.1, 0.15) is 0 Å². The van der Waals surface area contributed by atoms with Gasteiger partial charge in [-0.05, 0) is 12.1 Å². The molecule has 130 valence electrons. The van der Waals surface area contributed by atoms with Gasteiger partial charge >= 0.3 is 11.8 Å². The van der Waals surface area contributed by atoms with Gasteiger partial charge in [0.25, 0.3) is 0 Å². The number of hydrogen-bond donors (Lipinski definition) is 0. The van der Waals surface area contributed by atoms with Crippen molar-refractivity contribution >= 4 is 27.2 Å². The monoisotopic (exact) mass is 355 g/mol. The highest BCUT2D eigenvalue weighted by Gasteiger charge is 2.30. The molecule has 0 saturated carbocycles. The average Bonchev–Trinajstić information content (AvgIpc) is 2.88. The third-order valence-electron chi connectivity index (χ3n) is 4.07. The summed E-state index contributed by atoms with van der Waals surface area (Å²) in [5, 5.41) is 0. The van der Waals surface area contributed by atoms with Crippen LogP contribution in [-0.4, -0.2) is 61.6 Å². The maximum atomic E-state index is 12.7. The molecule has 1 aliphatic heterocycles. The number of carbonyl (C=O) groups excluding carboxylic acids is 1. The summed E-state index contributed by atoms with van der Waals surface area (Å²) in [5.41, 5.74) is 0.742. The van der Waals surface area contributed by atoms with Crippen molar-refractivity contribution in [3.05, 3.63) is 28.7 Å². The van der Waals surface area contributed by atoms with Crippen LogP contribution in [0.5, 0.6) is 0 Å². The number of ether oxygens (including phenoxy) is 1. The van der Waals surface area contributed by atoms with Crippen molar-refractivity contribution in [2.24, 2.45) is 7.05 Å². The Balaban J connectivity index is 1.86. The molecule has 0 radical (unpaired) electrons. The Morgan fingerprint density at radius 3 is 2.50 bits per heavy atom. The first-order chi connectivity index (χ1) is 11.3. The largest absolute Gasteiger partial charge is 0.453 e. The molecule has 3 rings (SSSR count). The zero-order valence-electron chi connectivity index (χ0n) is 13.3. The van der Waals surface area contributed by atoms with E-state index in [1.165, 1.54) is 39.1 Å². The molecule has 0 spiro atoms. The normalized spacial score (nSPS) is 16.5. The van der Waals surface area contributed by atoms with Crippen molar-refractivity contribution < 1.29 is 22.4 Å². The van der Waals surface area contributed by atoms with Crippen molar-refractivity contribution in [3.63, 3.8) is 0 Å². The van der Waals surface area contributed by atoms with E-state index in [1.807, 2.05) is 0 Å². The van der Waals surface area contributed by atoms with Gasteiger partial charge in [0, 0.05) is 39.3 Å². The number of oxazole rings is 1. The van der Waals surface area contributed by atoms with E-state index in [-0.39, 0.29) is 36.7 Å². The Morgan fingerprint density at radius 2 is 1.88 bits per heavy atom. The number of carbonyl (C=O) groups is 1. The van der Waals surface area contributed by atoms with Crippen molar-refractivity contribution in [2.75, 3.05) is 33.3 Å². The lowest BCUT2D eigenvalue weighted by Gasteiger charge is -2.33. The molecule has 1 amide bonds. The summed E-state index contributed by atoms with van der Waals surface area (Å²) in [6.07, 6.45) is -0.473. The van der Waals surface area contributed by atoms with Crippen LogP contribution in [0, 0.1) is 0 Å². The molecule has 2 heterocycles. The lowest BCUT2D eigenvalue weighted by Crippen LogP contribution is -2.50. The Hall–Kier alpha value is -2.33. The van der Waals surface area contributed by atoms with Gasteiger partial charge in [0.05, 0.1) is 17.5 Å². The topological polar surface area (TPSA) is 102 Å². The quantitative estimate of drug-likeness (QED) is 0.763. The number of sulfonamides is 1. The number of nitrogens with zero attached hydrogens (tertiary/aromatic N) is 3. The molecule has 1 aliphatic rings. The smallest absolute Gasteiger partial charge is 0.419 e. The number of amides is 1. The second-order valence-electron chi connectivity index (χ2n) is 5.42. The van der Waals surface area contributed by atoms with Crippen LogP contribution in [-0.2, 0) is 21.8 Å². The summed E-state index contributed by atoms with van der Waals surface area (Å²) in [7, 11) is -0.894. The highest BCUT2D eigenvalue weighted by atomic mass is 32.2. The molecular formula is C14H17N3O6S. The summed E-state index contributed by atoms with van der Waals surface area (Å²) in [4.78, 5) is 24.5. The summed E-state index contributed by atoms with van der Waals surface area (Å²) in [6, 6.07) is 4.33. The second kappa shape index (κ2) is 5.95. The Kier molecular flexibility index (Phi) is 4.10. The third kappa shape index (κ3) is 2.67. The number of rotatable bonds is 2. The zero-order chi connectivity index (χ0) is 17.5. The van der Waals surface area contributed by atoms with E-state index in [2.05, 4.69) is 4.74 Å². The standard InChI is InChI=1S/C14H17N3O6S/c1-15-11-4-3-10(9-12(11)23-13(15)18)24(20,21)17-7-5-16(6-8-17)14(19)22-2/h3-4,9H,5-8H2,1-2H3. The van der Waals surface area contributed by atoms with Gasteiger partial charge < -0.3 is 14.1 Å². The maximum Gasteiger partial charge on any atom is 0.419 e. The minimum absolute atomic E-state index is 0.0517. The van der Waals surface area contributed by atoms with E-state index < -0.39 is 21.9 Å². The second-order valence-corrected chi connectivity index (χ2v) is 7.36. The van der Waals surface area contributed by atoms with Crippen molar-refractivity contribution in [1.82, 2.24) is 13.8 Å².